The standard InChI is InChI=1S/C23H29N5OS/c1-25(16-18-10-4-6-12-20(18)27-14-8-9-15-27)17-28-23(30)26(2)22(24-28)19-11-5-7-13-21(19)29-3/h4-7,10-13H,8-9,14-17H2,1-3H3/p+1. The van der Waals surface area contributed by atoms with Gasteiger partial charge in [-0.1, -0.05) is 30.3 Å². The van der Waals surface area contributed by atoms with Gasteiger partial charge in [-0.15, -0.1) is 5.10 Å². The minimum Gasteiger partial charge on any atom is -0.496 e. The molecule has 3 aromatic rings. The highest BCUT2D eigenvalue weighted by atomic mass is 32.1. The van der Waals surface area contributed by atoms with Crippen molar-refractivity contribution in [2.45, 2.75) is 26.1 Å². The van der Waals surface area contributed by atoms with Gasteiger partial charge in [-0.25, -0.2) is 0 Å². The molecule has 0 aliphatic carbocycles. The minimum atomic E-state index is 0.705. The van der Waals surface area contributed by atoms with Crippen LogP contribution >= 0.6 is 12.2 Å². The molecule has 4 rings (SSSR count). The summed E-state index contributed by atoms with van der Waals surface area (Å²) in [4.78, 5) is 3.84. The van der Waals surface area contributed by atoms with Crippen LogP contribution in [-0.2, 0) is 20.3 Å². The minimum absolute atomic E-state index is 0.705. The third kappa shape index (κ3) is 4.13. The number of aromatic nitrogens is 3. The molecular weight excluding hydrogens is 394 g/mol. The molecule has 1 saturated heterocycles. The van der Waals surface area contributed by atoms with Crippen LogP contribution in [0.3, 0.4) is 0 Å². The summed E-state index contributed by atoms with van der Waals surface area (Å²) in [6.07, 6.45) is 2.57. The smallest absolute Gasteiger partial charge is 0.202 e. The zero-order chi connectivity index (χ0) is 21.1. The molecule has 1 N–H and O–H groups in total. The number of methoxy groups -OCH3 is 1. The van der Waals surface area contributed by atoms with E-state index >= 15 is 0 Å². The number of rotatable bonds is 7. The predicted molar refractivity (Wildman–Crippen MR) is 122 cm³/mol. The van der Waals surface area contributed by atoms with Crippen molar-refractivity contribution in [3.63, 3.8) is 0 Å². The largest absolute Gasteiger partial charge is 0.496 e. The molecule has 0 spiro atoms. The van der Waals surface area contributed by atoms with Gasteiger partial charge in [0.2, 0.25) is 4.77 Å². The second kappa shape index (κ2) is 9.02. The van der Waals surface area contributed by atoms with Gasteiger partial charge in [0.15, 0.2) is 12.5 Å². The summed E-state index contributed by atoms with van der Waals surface area (Å²) < 4.78 is 10.1. The van der Waals surface area contributed by atoms with Crippen molar-refractivity contribution < 1.29 is 9.64 Å². The molecule has 1 aromatic heterocycles. The Bertz CT molecular complexity index is 1070. The van der Waals surface area contributed by atoms with Gasteiger partial charge in [0.25, 0.3) is 0 Å². The first-order chi connectivity index (χ1) is 14.6. The average Bonchev–Trinajstić information content (AvgIpc) is 3.39. The highest BCUT2D eigenvalue weighted by molar-refractivity contribution is 7.71. The number of anilines is 1. The van der Waals surface area contributed by atoms with Gasteiger partial charge in [-0.2, -0.15) is 4.68 Å². The van der Waals surface area contributed by atoms with Crippen LogP contribution < -0.4 is 14.5 Å². The third-order valence-electron chi connectivity index (χ3n) is 5.74. The summed E-state index contributed by atoms with van der Waals surface area (Å²) >= 11 is 5.69. The Labute approximate surface area is 183 Å². The highest BCUT2D eigenvalue weighted by Gasteiger charge is 2.19. The molecule has 7 heteroatoms. The van der Waals surface area contributed by atoms with E-state index in [2.05, 4.69) is 36.2 Å². The number of ether oxygens (including phenoxy) is 1. The number of hydrogen-bond donors (Lipinski definition) is 1. The molecule has 0 amide bonds. The van der Waals surface area contributed by atoms with Crippen LogP contribution in [0, 0.1) is 4.77 Å². The summed E-state index contributed by atoms with van der Waals surface area (Å²) in [5.41, 5.74) is 3.70. The molecule has 0 saturated carbocycles. The van der Waals surface area contributed by atoms with E-state index in [4.69, 9.17) is 22.1 Å². The van der Waals surface area contributed by atoms with E-state index in [0.717, 1.165) is 36.8 Å². The normalized spacial score (nSPS) is 14.8. The highest BCUT2D eigenvalue weighted by Crippen LogP contribution is 2.28. The van der Waals surface area contributed by atoms with Crippen molar-refractivity contribution in [3.8, 4) is 17.1 Å². The van der Waals surface area contributed by atoms with E-state index in [9.17, 15) is 0 Å². The van der Waals surface area contributed by atoms with Gasteiger partial charge >= 0.3 is 0 Å². The molecule has 1 fully saturated rings. The second-order valence-corrected chi connectivity index (χ2v) is 8.35. The molecule has 158 valence electrons. The maximum Gasteiger partial charge on any atom is 0.202 e. The van der Waals surface area contributed by atoms with Gasteiger partial charge < -0.3 is 19.1 Å². The Balaban J connectivity index is 1.55. The number of benzene rings is 2. The maximum atomic E-state index is 5.69. The van der Waals surface area contributed by atoms with Crippen molar-refractivity contribution in [3.05, 3.63) is 58.9 Å². The van der Waals surface area contributed by atoms with Crippen LogP contribution in [0.2, 0.25) is 0 Å². The van der Waals surface area contributed by atoms with E-state index in [1.807, 2.05) is 40.6 Å². The fraction of sp³-hybridized carbons (Fsp3) is 0.391. The fourth-order valence-electron chi connectivity index (χ4n) is 4.22. The van der Waals surface area contributed by atoms with E-state index in [1.165, 1.54) is 29.0 Å². The van der Waals surface area contributed by atoms with E-state index < -0.39 is 0 Å². The molecule has 1 aliphatic rings. The van der Waals surface area contributed by atoms with Crippen molar-refractivity contribution in [1.29, 1.82) is 0 Å². The monoisotopic (exact) mass is 424 g/mol. The number of quaternary nitrogens is 1. The lowest BCUT2D eigenvalue weighted by molar-refractivity contribution is -0.917. The van der Waals surface area contributed by atoms with Crippen LogP contribution in [0.25, 0.3) is 11.4 Å². The SMILES string of the molecule is COc1ccccc1-c1nn(C[NH+](C)Cc2ccccc2N2CCCC2)c(=S)n1C. The summed E-state index contributed by atoms with van der Waals surface area (Å²) in [6.45, 7) is 3.94. The quantitative estimate of drug-likeness (QED) is 0.592. The average molecular weight is 425 g/mol. The molecule has 2 heterocycles. The zero-order valence-electron chi connectivity index (χ0n) is 18.0. The van der Waals surface area contributed by atoms with Gasteiger partial charge in [-0.05, 0) is 43.3 Å². The van der Waals surface area contributed by atoms with E-state index in [0.29, 0.717) is 11.4 Å². The van der Waals surface area contributed by atoms with Crippen molar-refractivity contribution in [2.75, 3.05) is 32.1 Å². The molecule has 1 atom stereocenters. The predicted octanol–water partition coefficient (Wildman–Crippen LogP) is 2.90. The number of hydrogen-bond acceptors (Lipinski definition) is 4. The third-order valence-corrected chi connectivity index (χ3v) is 6.22. The van der Waals surface area contributed by atoms with E-state index in [-0.39, 0.29) is 0 Å². The van der Waals surface area contributed by atoms with Crippen molar-refractivity contribution in [2.24, 2.45) is 7.05 Å². The Kier molecular flexibility index (Phi) is 6.20. The van der Waals surface area contributed by atoms with Crippen LogP contribution in [0.4, 0.5) is 5.69 Å². The van der Waals surface area contributed by atoms with Crippen LogP contribution in [0.5, 0.6) is 5.75 Å². The van der Waals surface area contributed by atoms with Crippen molar-refractivity contribution in [1.82, 2.24) is 14.3 Å². The summed E-state index contributed by atoms with van der Waals surface area (Å²) in [5, 5.41) is 4.83. The lowest BCUT2D eigenvalue weighted by Gasteiger charge is -2.23. The maximum absolute atomic E-state index is 5.69. The molecule has 1 aliphatic heterocycles. The molecule has 1 unspecified atom stereocenters. The number of para-hydroxylation sites is 2. The van der Waals surface area contributed by atoms with Gasteiger partial charge in [0.1, 0.15) is 12.3 Å². The Hall–Kier alpha value is -2.64. The Morgan fingerprint density at radius 1 is 1.07 bits per heavy atom. The second-order valence-electron chi connectivity index (χ2n) is 7.98. The lowest BCUT2D eigenvalue weighted by Crippen LogP contribution is -3.07. The first-order valence-electron chi connectivity index (χ1n) is 10.5. The van der Waals surface area contributed by atoms with Crippen LogP contribution in [-0.4, -0.2) is 41.6 Å². The Morgan fingerprint density at radius 3 is 2.53 bits per heavy atom. The summed E-state index contributed by atoms with van der Waals surface area (Å²) in [7, 11) is 5.84. The zero-order valence-corrected chi connectivity index (χ0v) is 18.8. The topological polar surface area (TPSA) is 39.7 Å². The number of nitrogens with zero attached hydrogens (tertiary/aromatic N) is 4. The van der Waals surface area contributed by atoms with E-state index in [1.54, 1.807) is 7.11 Å². The van der Waals surface area contributed by atoms with Crippen LogP contribution in [0.15, 0.2) is 48.5 Å². The molecule has 2 aromatic carbocycles. The molecule has 30 heavy (non-hydrogen) atoms. The number of nitrogens with one attached hydrogen (secondary N) is 1. The van der Waals surface area contributed by atoms with Gasteiger partial charge in [-0.3, -0.25) is 0 Å². The summed E-state index contributed by atoms with van der Waals surface area (Å²) in [5.74, 6) is 1.62. The lowest BCUT2D eigenvalue weighted by atomic mass is 10.1. The van der Waals surface area contributed by atoms with Crippen molar-refractivity contribution >= 4 is 17.9 Å². The first kappa shape index (κ1) is 20.6. The summed E-state index contributed by atoms with van der Waals surface area (Å²) in [6, 6.07) is 16.7. The van der Waals surface area contributed by atoms with Crippen LogP contribution in [0.1, 0.15) is 18.4 Å². The molecule has 6 nitrogen and oxygen atoms in total. The molecule has 0 radical (unpaired) electrons. The van der Waals surface area contributed by atoms with Gasteiger partial charge in [0.05, 0.1) is 19.7 Å². The molecular formula is C23H30N5OS+. The van der Waals surface area contributed by atoms with Gasteiger partial charge in [0, 0.05) is 31.4 Å². The molecule has 0 bridgehead atoms. The fourth-order valence-corrected chi connectivity index (χ4v) is 4.41. The first-order valence-corrected chi connectivity index (χ1v) is 10.9. The Morgan fingerprint density at radius 2 is 1.77 bits per heavy atom.